The number of ether oxygens (including phenoxy) is 2. The van der Waals surface area contributed by atoms with Crippen LogP contribution < -0.4 is 0 Å². The predicted molar refractivity (Wildman–Crippen MR) is 79.5 cm³/mol. The normalized spacial score (nSPS) is 12.2. The topological polar surface area (TPSA) is 93.1 Å². The van der Waals surface area contributed by atoms with Gasteiger partial charge in [-0.15, -0.1) is 0 Å². The van der Waals surface area contributed by atoms with Crippen molar-refractivity contribution >= 4 is 11.9 Å². The molecule has 0 aromatic carbocycles. The highest BCUT2D eigenvalue weighted by molar-refractivity contribution is 5.82. The molecular weight excluding hydrogens is 276 g/mol. The molecule has 0 rings (SSSR count). The minimum absolute atomic E-state index is 0.125. The van der Waals surface area contributed by atoms with Gasteiger partial charge in [0.1, 0.15) is 12.2 Å². The molecule has 0 aliphatic carbocycles. The van der Waals surface area contributed by atoms with Crippen LogP contribution in [0, 0.1) is 0 Å². The van der Waals surface area contributed by atoms with E-state index in [1.54, 1.807) is 6.92 Å². The first-order valence-corrected chi connectivity index (χ1v) is 6.84. The molecule has 0 saturated heterocycles. The Labute approximate surface area is 126 Å². The van der Waals surface area contributed by atoms with Crippen LogP contribution in [0.4, 0.5) is 0 Å². The lowest BCUT2D eigenvalue weighted by atomic mass is 10.1. The quantitative estimate of drug-likeness (QED) is 0.493. The largest absolute Gasteiger partial charge is 0.456 e. The van der Waals surface area contributed by atoms with E-state index in [0.29, 0.717) is 6.42 Å². The highest BCUT2D eigenvalue weighted by atomic mass is 16.6. The van der Waals surface area contributed by atoms with E-state index in [-0.39, 0.29) is 13.2 Å². The number of esters is 2. The van der Waals surface area contributed by atoms with Crippen molar-refractivity contribution in [2.24, 2.45) is 0 Å². The molecule has 0 fully saturated rings. The van der Waals surface area contributed by atoms with E-state index in [9.17, 15) is 9.59 Å². The molecule has 2 unspecified atom stereocenters. The summed E-state index contributed by atoms with van der Waals surface area (Å²) in [4.78, 5) is 22.2. The van der Waals surface area contributed by atoms with Gasteiger partial charge in [-0.25, -0.2) is 9.59 Å². The van der Waals surface area contributed by atoms with E-state index in [1.807, 2.05) is 6.92 Å². The Bertz CT molecular complexity index is 311. The molecule has 122 valence electrons. The highest BCUT2D eigenvalue weighted by Crippen LogP contribution is 2.13. The van der Waals surface area contributed by atoms with Crippen molar-refractivity contribution in [2.75, 3.05) is 13.2 Å². The zero-order chi connectivity index (χ0) is 16.7. The Morgan fingerprint density at radius 3 is 1.95 bits per heavy atom. The van der Waals surface area contributed by atoms with Gasteiger partial charge in [0.2, 0.25) is 0 Å². The molecule has 0 aliphatic heterocycles. The third-order valence-corrected chi connectivity index (χ3v) is 2.37. The second kappa shape index (κ2) is 14.7. The first-order valence-electron chi connectivity index (χ1n) is 6.84. The first-order chi connectivity index (χ1) is 9.96. The summed E-state index contributed by atoms with van der Waals surface area (Å²) in [5.74, 6) is -1.03. The van der Waals surface area contributed by atoms with Gasteiger partial charge in [-0.3, -0.25) is 0 Å². The van der Waals surface area contributed by atoms with Crippen molar-refractivity contribution in [1.29, 1.82) is 0 Å². The zero-order valence-electron chi connectivity index (χ0n) is 12.8. The summed E-state index contributed by atoms with van der Waals surface area (Å²) < 4.78 is 10.2. The van der Waals surface area contributed by atoms with E-state index in [0.717, 1.165) is 25.0 Å². The van der Waals surface area contributed by atoms with Crippen LogP contribution in [0.15, 0.2) is 25.3 Å². The number of carbonyl (C=O) groups excluding carboxylic acids is 2. The van der Waals surface area contributed by atoms with Crippen molar-refractivity contribution in [3.8, 4) is 0 Å². The van der Waals surface area contributed by atoms with Crippen molar-refractivity contribution in [3.63, 3.8) is 0 Å². The van der Waals surface area contributed by atoms with Crippen LogP contribution >= 0.6 is 0 Å². The molecule has 2 N–H and O–H groups in total. The van der Waals surface area contributed by atoms with Crippen LogP contribution in [-0.4, -0.2) is 47.6 Å². The van der Waals surface area contributed by atoms with Crippen LogP contribution in [0.5, 0.6) is 0 Å². The lowest BCUT2D eigenvalue weighted by Crippen LogP contribution is -2.32. The number of hydrogen-bond donors (Lipinski definition) is 2. The van der Waals surface area contributed by atoms with Gasteiger partial charge in [0, 0.05) is 12.2 Å². The monoisotopic (exact) mass is 302 g/mol. The second-order valence-electron chi connectivity index (χ2n) is 4.12. The molecule has 0 heterocycles. The molecule has 6 nitrogen and oxygen atoms in total. The molecule has 0 aromatic rings. The Kier molecular flexibility index (Phi) is 15.2. The molecule has 21 heavy (non-hydrogen) atoms. The van der Waals surface area contributed by atoms with E-state index >= 15 is 0 Å². The molecule has 0 aliphatic rings. The maximum Gasteiger partial charge on any atom is 0.330 e. The molecule has 2 atom stereocenters. The standard InChI is InChI=1S/C13H20O4.C2H6O2/c1-5-8-9-11(17-13(15)7-3)10(4)16-12(14)6-2;3-1-2-4/h6-7,10-11H,2-3,5,8-9H2,1,4H3;3-4H,1-2H2. The van der Waals surface area contributed by atoms with Crippen molar-refractivity contribution in [3.05, 3.63) is 25.3 Å². The summed E-state index contributed by atoms with van der Waals surface area (Å²) in [7, 11) is 0. The maximum atomic E-state index is 11.1. The van der Waals surface area contributed by atoms with Crippen LogP contribution in [0.2, 0.25) is 0 Å². The summed E-state index contributed by atoms with van der Waals surface area (Å²) >= 11 is 0. The molecule has 0 spiro atoms. The van der Waals surface area contributed by atoms with E-state index in [1.165, 1.54) is 0 Å². The van der Waals surface area contributed by atoms with Gasteiger partial charge in [0.05, 0.1) is 13.2 Å². The minimum atomic E-state index is -0.520. The summed E-state index contributed by atoms with van der Waals surface area (Å²) in [6, 6.07) is 0. The number of aliphatic hydroxyl groups is 2. The fourth-order valence-corrected chi connectivity index (χ4v) is 1.30. The lowest BCUT2D eigenvalue weighted by Gasteiger charge is -2.23. The zero-order valence-corrected chi connectivity index (χ0v) is 12.8. The fraction of sp³-hybridized carbons (Fsp3) is 0.600. The third kappa shape index (κ3) is 13.1. The maximum absolute atomic E-state index is 11.1. The van der Waals surface area contributed by atoms with Gasteiger partial charge in [0.15, 0.2) is 0 Å². The average molecular weight is 302 g/mol. The van der Waals surface area contributed by atoms with Crippen LogP contribution in [0.1, 0.15) is 33.1 Å². The Morgan fingerprint density at radius 1 is 1.10 bits per heavy atom. The van der Waals surface area contributed by atoms with E-state index in [4.69, 9.17) is 19.7 Å². The van der Waals surface area contributed by atoms with Gasteiger partial charge < -0.3 is 19.7 Å². The molecule has 6 heteroatoms. The smallest absolute Gasteiger partial charge is 0.330 e. The number of hydrogen-bond acceptors (Lipinski definition) is 6. The van der Waals surface area contributed by atoms with Crippen LogP contribution in [-0.2, 0) is 19.1 Å². The SMILES string of the molecule is C=CC(=O)OC(C)C(CCCC)OC(=O)C=C.OCCO. The molecule has 0 radical (unpaired) electrons. The summed E-state index contributed by atoms with van der Waals surface area (Å²) in [5.41, 5.74) is 0. The summed E-state index contributed by atoms with van der Waals surface area (Å²) in [6.45, 7) is 10.1. The van der Waals surface area contributed by atoms with Gasteiger partial charge in [-0.2, -0.15) is 0 Å². The van der Waals surface area contributed by atoms with E-state index in [2.05, 4.69) is 13.2 Å². The van der Waals surface area contributed by atoms with E-state index < -0.39 is 24.1 Å². The molecule has 0 bridgehead atoms. The fourth-order valence-electron chi connectivity index (χ4n) is 1.30. The van der Waals surface area contributed by atoms with Crippen molar-refractivity contribution < 1.29 is 29.3 Å². The second-order valence-corrected chi connectivity index (χ2v) is 4.12. The van der Waals surface area contributed by atoms with Gasteiger partial charge in [-0.05, 0) is 19.8 Å². The highest BCUT2D eigenvalue weighted by Gasteiger charge is 2.22. The Hall–Kier alpha value is -1.66. The lowest BCUT2D eigenvalue weighted by molar-refractivity contribution is -0.160. The number of carbonyl (C=O) groups is 2. The number of rotatable bonds is 9. The Balaban J connectivity index is 0. The molecule has 0 saturated carbocycles. The molecule has 0 aromatic heterocycles. The number of unbranched alkanes of at least 4 members (excludes halogenated alkanes) is 1. The first kappa shape index (κ1) is 21.6. The average Bonchev–Trinajstić information content (AvgIpc) is 2.50. The summed E-state index contributed by atoms with van der Waals surface area (Å²) in [5, 5.41) is 15.2. The summed E-state index contributed by atoms with van der Waals surface area (Å²) in [6.07, 6.45) is 3.78. The van der Waals surface area contributed by atoms with Crippen LogP contribution in [0.3, 0.4) is 0 Å². The molecular formula is C15H26O6. The van der Waals surface area contributed by atoms with Gasteiger partial charge in [0.25, 0.3) is 0 Å². The number of aliphatic hydroxyl groups excluding tert-OH is 2. The van der Waals surface area contributed by atoms with Gasteiger partial charge >= 0.3 is 11.9 Å². The van der Waals surface area contributed by atoms with Crippen molar-refractivity contribution in [2.45, 2.75) is 45.3 Å². The minimum Gasteiger partial charge on any atom is -0.456 e. The van der Waals surface area contributed by atoms with Crippen molar-refractivity contribution in [1.82, 2.24) is 0 Å². The van der Waals surface area contributed by atoms with Gasteiger partial charge in [-0.1, -0.05) is 26.5 Å². The van der Waals surface area contributed by atoms with Crippen LogP contribution in [0.25, 0.3) is 0 Å². The third-order valence-electron chi connectivity index (χ3n) is 2.37. The predicted octanol–water partition coefficient (Wildman–Crippen LogP) is 1.36. The Morgan fingerprint density at radius 2 is 1.57 bits per heavy atom. The molecule has 0 amide bonds.